The lowest BCUT2D eigenvalue weighted by atomic mass is 9.98. The number of ketones is 1. The predicted molar refractivity (Wildman–Crippen MR) is 83.4 cm³/mol. The van der Waals surface area contributed by atoms with Gasteiger partial charge in [-0.3, -0.25) is 4.79 Å². The number of para-hydroxylation sites is 1. The van der Waals surface area contributed by atoms with Gasteiger partial charge in [-0.25, -0.2) is 0 Å². The minimum absolute atomic E-state index is 0.0675. The lowest BCUT2D eigenvalue weighted by Gasteiger charge is -2.35. The summed E-state index contributed by atoms with van der Waals surface area (Å²) < 4.78 is 5.60. The maximum Gasteiger partial charge on any atom is 0.265 e. The molecule has 1 aliphatic heterocycles. The summed E-state index contributed by atoms with van der Waals surface area (Å²) in [5.74, 6) is 0.885. The van der Waals surface area contributed by atoms with E-state index < -0.39 is 0 Å². The zero-order chi connectivity index (χ0) is 14.1. The highest BCUT2D eigenvalue weighted by atomic mass is 32.1. The van der Waals surface area contributed by atoms with Crippen molar-refractivity contribution in [1.82, 2.24) is 4.90 Å². The first-order chi connectivity index (χ1) is 9.66. The molecule has 0 saturated heterocycles. The third-order valence-electron chi connectivity index (χ3n) is 3.41. The molecule has 3 rings (SSSR count). The van der Waals surface area contributed by atoms with Crippen molar-refractivity contribution in [2.24, 2.45) is 0 Å². The SMILES string of the molecule is CN1C(=S)Oc2ccccc2C1CC(=O)c1cccs1. The summed E-state index contributed by atoms with van der Waals surface area (Å²) in [4.78, 5) is 15.0. The van der Waals surface area contributed by atoms with Crippen LogP contribution in [-0.2, 0) is 0 Å². The third-order valence-corrected chi connectivity index (χ3v) is 4.69. The van der Waals surface area contributed by atoms with Gasteiger partial charge in [-0.2, -0.15) is 0 Å². The van der Waals surface area contributed by atoms with E-state index in [1.807, 2.05) is 53.7 Å². The minimum atomic E-state index is -0.0675. The van der Waals surface area contributed by atoms with Crippen LogP contribution >= 0.6 is 23.6 Å². The molecule has 20 heavy (non-hydrogen) atoms. The number of fused-ring (bicyclic) bond motifs is 1. The first kappa shape index (κ1) is 13.3. The summed E-state index contributed by atoms with van der Waals surface area (Å²) in [7, 11) is 1.87. The van der Waals surface area contributed by atoms with Gasteiger partial charge in [0.05, 0.1) is 10.9 Å². The van der Waals surface area contributed by atoms with Crippen molar-refractivity contribution in [3.63, 3.8) is 0 Å². The number of carbonyl (C=O) groups excluding carboxylic acids is 1. The topological polar surface area (TPSA) is 29.5 Å². The van der Waals surface area contributed by atoms with Gasteiger partial charge in [-0.15, -0.1) is 11.3 Å². The van der Waals surface area contributed by atoms with Gasteiger partial charge in [0.2, 0.25) is 0 Å². The van der Waals surface area contributed by atoms with Gasteiger partial charge in [0.1, 0.15) is 5.75 Å². The largest absolute Gasteiger partial charge is 0.431 e. The van der Waals surface area contributed by atoms with Crippen LogP contribution in [0, 0.1) is 0 Å². The summed E-state index contributed by atoms with van der Waals surface area (Å²) in [5.41, 5.74) is 1.01. The fourth-order valence-electron chi connectivity index (χ4n) is 2.31. The van der Waals surface area contributed by atoms with E-state index in [0.717, 1.165) is 16.2 Å². The van der Waals surface area contributed by atoms with E-state index in [-0.39, 0.29) is 11.8 Å². The van der Waals surface area contributed by atoms with E-state index in [0.29, 0.717) is 11.6 Å². The summed E-state index contributed by atoms with van der Waals surface area (Å²) in [5, 5.41) is 2.33. The molecule has 0 N–H and O–H groups in total. The highest BCUT2D eigenvalue weighted by Gasteiger charge is 2.31. The van der Waals surface area contributed by atoms with Crippen molar-refractivity contribution in [3.05, 3.63) is 52.2 Å². The Morgan fingerprint density at radius 1 is 1.35 bits per heavy atom. The Labute approximate surface area is 126 Å². The molecule has 102 valence electrons. The molecule has 5 heteroatoms. The molecule has 0 radical (unpaired) electrons. The number of thiophene rings is 1. The first-order valence-electron chi connectivity index (χ1n) is 6.27. The van der Waals surface area contributed by atoms with Gasteiger partial charge in [-0.05, 0) is 29.7 Å². The number of hydrogen-bond donors (Lipinski definition) is 0. The monoisotopic (exact) mass is 303 g/mol. The van der Waals surface area contributed by atoms with Crippen LogP contribution < -0.4 is 4.74 Å². The zero-order valence-electron chi connectivity index (χ0n) is 10.9. The van der Waals surface area contributed by atoms with Crippen LogP contribution in [-0.4, -0.2) is 22.9 Å². The van der Waals surface area contributed by atoms with Crippen molar-refractivity contribution in [3.8, 4) is 5.75 Å². The second kappa shape index (κ2) is 5.34. The Kier molecular flexibility index (Phi) is 3.54. The molecule has 0 fully saturated rings. The standard InChI is InChI=1S/C15H13NO2S2/c1-16-11(9-12(17)14-7-4-8-20-14)10-5-2-3-6-13(10)18-15(16)19/h2-8,11H,9H2,1H3. The molecule has 2 heterocycles. The summed E-state index contributed by atoms with van der Waals surface area (Å²) in [6, 6.07) is 11.4. The average Bonchev–Trinajstić information content (AvgIpc) is 2.98. The van der Waals surface area contributed by atoms with Crippen LogP contribution in [0.15, 0.2) is 41.8 Å². The summed E-state index contributed by atoms with van der Waals surface area (Å²) in [6.45, 7) is 0. The number of nitrogens with zero attached hydrogens (tertiary/aromatic N) is 1. The molecule has 1 unspecified atom stereocenters. The van der Waals surface area contributed by atoms with Crippen molar-refractivity contribution < 1.29 is 9.53 Å². The van der Waals surface area contributed by atoms with Crippen LogP contribution in [0.4, 0.5) is 0 Å². The molecule has 2 aromatic rings. The number of rotatable bonds is 3. The molecular formula is C15H13NO2S2. The number of carbonyl (C=O) groups is 1. The molecule has 1 aliphatic rings. The number of hydrogen-bond acceptors (Lipinski definition) is 4. The van der Waals surface area contributed by atoms with Crippen LogP contribution in [0.1, 0.15) is 27.7 Å². The van der Waals surface area contributed by atoms with E-state index in [4.69, 9.17) is 17.0 Å². The molecule has 1 aromatic heterocycles. The Morgan fingerprint density at radius 3 is 2.90 bits per heavy atom. The van der Waals surface area contributed by atoms with Gasteiger partial charge in [0, 0.05) is 19.0 Å². The minimum Gasteiger partial charge on any atom is -0.431 e. The van der Waals surface area contributed by atoms with Gasteiger partial charge in [0.25, 0.3) is 5.17 Å². The zero-order valence-corrected chi connectivity index (χ0v) is 12.5. The van der Waals surface area contributed by atoms with E-state index in [2.05, 4.69) is 0 Å². The van der Waals surface area contributed by atoms with Gasteiger partial charge < -0.3 is 9.64 Å². The van der Waals surface area contributed by atoms with Crippen molar-refractivity contribution in [1.29, 1.82) is 0 Å². The normalized spacial score (nSPS) is 17.6. The lowest BCUT2D eigenvalue weighted by molar-refractivity contribution is 0.0951. The first-order valence-corrected chi connectivity index (χ1v) is 7.56. The van der Waals surface area contributed by atoms with Crippen molar-refractivity contribution in [2.45, 2.75) is 12.5 Å². The molecule has 0 amide bonds. The molecular weight excluding hydrogens is 290 g/mol. The number of ether oxygens (including phenoxy) is 1. The van der Waals surface area contributed by atoms with Crippen molar-refractivity contribution in [2.75, 3.05) is 7.05 Å². The summed E-state index contributed by atoms with van der Waals surface area (Å²) >= 11 is 6.70. The Morgan fingerprint density at radius 2 is 2.15 bits per heavy atom. The Balaban J connectivity index is 1.91. The second-order valence-corrected chi connectivity index (χ2v) is 5.93. The average molecular weight is 303 g/mol. The molecule has 0 saturated carbocycles. The Bertz CT molecular complexity index is 652. The lowest BCUT2D eigenvalue weighted by Crippen LogP contribution is -2.38. The van der Waals surface area contributed by atoms with E-state index in [9.17, 15) is 4.79 Å². The van der Waals surface area contributed by atoms with Crippen LogP contribution in [0.3, 0.4) is 0 Å². The quantitative estimate of drug-likeness (QED) is 0.639. The summed E-state index contributed by atoms with van der Waals surface area (Å²) in [6.07, 6.45) is 0.400. The van der Waals surface area contributed by atoms with Crippen molar-refractivity contribution >= 4 is 34.5 Å². The molecule has 0 bridgehead atoms. The third kappa shape index (κ3) is 2.34. The highest BCUT2D eigenvalue weighted by Crippen LogP contribution is 2.36. The molecule has 0 spiro atoms. The van der Waals surface area contributed by atoms with Gasteiger partial charge in [0.15, 0.2) is 5.78 Å². The Hall–Kier alpha value is -1.72. The number of thiocarbonyl (C=S) groups is 1. The van der Waals surface area contributed by atoms with Crippen LogP contribution in [0.5, 0.6) is 5.75 Å². The fraction of sp³-hybridized carbons (Fsp3) is 0.200. The van der Waals surface area contributed by atoms with Crippen LogP contribution in [0.25, 0.3) is 0 Å². The maximum absolute atomic E-state index is 12.3. The van der Waals surface area contributed by atoms with Gasteiger partial charge >= 0.3 is 0 Å². The number of Topliss-reactive ketones (excluding diaryl/α,β-unsaturated/α-hetero) is 1. The second-order valence-electron chi connectivity index (χ2n) is 4.64. The predicted octanol–water partition coefficient (Wildman–Crippen LogP) is 3.67. The highest BCUT2D eigenvalue weighted by molar-refractivity contribution is 7.80. The molecule has 1 aromatic carbocycles. The van der Waals surface area contributed by atoms with E-state index in [1.54, 1.807) is 0 Å². The molecule has 0 aliphatic carbocycles. The van der Waals surface area contributed by atoms with Gasteiger partial charge in [-0.1, -0.05) is 24.3 Å². The smallest absolute Gasteiger partial charge is 0.265 e. The fourth-order valence-corrected chi connectivity index (χ4v) is 3.20. The van der Waals surface area contributed by atoms with E-state index in [1.165, 1.54) is 11.3 Å². The molecule has 3 nitrogen and oxygen atoms in total. The van der Waals surface area contributed by atoms with Crippen LogP contribution in [0.2, 0.25) is 0 Å². The van der Waals surface area contributed by atoms with E-state index >= 15 is 0 Å². The molecule has 1 atom stereocenters. The number of benzene rings is 1. The maximum atomic E-state index is 12.3.